The van der Waals surface area contributed by atoms with Crippen LogP contribution in [-0.4, -0.2) is 38.5 Å². The zero-order valence-corrected chi connectivity index (χ0v) is 15.5. The molecule has 1 heterocycles. The molecule has 3 amide bonds. The second-order valence-corrected chi connectivity index (χ2v) is 7.44. The van der Waals surface area contributed by atoms with Crippen molar-refractivity contribution in [3.05, 3.63) is 36.7 Å². The number of aromatic nitrogens is 3. The van der Waals surface area contributed by atoms with Gasteiger partial charge in [-0.1, -0.05) is 49.7 Å². The van der Waals surface area contributed by atoms with Crippen LogP contribution in [0.4, 0.5) is 4.79 Å². The van der Waals surface area contributed by atoms with Crippen molar-refractivity contribution in [1.82, 2.24) is 25.4 Å². The highest BCUT2D eigenvalue weighted by Gasteiger charge is 2.23. The Balaban J connectivity index is 1.49. The molecule has 7 nitrogen and oxygen atoms in total. The van der Waals surface area contributed by atoms with Crippen LogP contribution >= 0.6 is 11.8 Å². The fourth-order valence-electron chi connectivity index (χ4n) is 3.12. The fourth-order valence-corrected chi connectivity index (χ4v) is 3.85. The molecular weight excluding hydrogens is 350 g/mol. The van der Waals surface area contributed by atoms with Gasteiger partial charge in [-0.25, -0.2) is 4.79 Å². The van der Waals surface area contributed by atoms with Crippen LogP contribution in [-0.2, 0) is 4.79 Å². The molecule has 1 saturated carbocycles. The molecule has 0 unspecified atom stereocenters. The number of amides is 3. The summed E-state index contributed by atoms with van der Waals surface area (Å²) in [4.78, 5) is 24.1. The van der Waals surface area contributed by atoms with Crippen molar-refractivity contribution in [2.75, 3.05) is 5.75 Å². The summed E-state index contributed by atoms with van der Waals surface area (Å²) in [5, 5.41) is 13.9. The number of nitrogens with zero attached hydrogens (tertiary/aromatic N) is 3. The van der Waals surface area contributed by atoms with Gasteiger partial charge in [0.2, 0.25) is 5.91 Å². The standard InChI is InChI=1S/C18H23N5O2S/c1-13-7-5-6-10-15(13)20-17(25)21-16(24)11-26-18-22-19-12-23(18)14-8-3-2-4-9-14/h2-4,8-9,12-13,15H,5-7,10-11H2,1H3,(H2,20,21,24,25)/t13-,15+/m0/s1. The molecule has 1 aliphatic carbocycles. The summed E-state index contributed by atoms with van der Waals surface area (Å²) in [7, 11) is 0. The minimum absolute atomic E-state index is 0.0964. The Bertz CT molecular complexity index is 749. The number of hydrogen-bond acceptors (Lipinski definition) is 5. The molecule has 138 valence electrons. The van der Waals surface area contributed by atoms with Crippen LogP contribution in [0.5, 0.6) is 0 Å². The first-order valence-corrected chi connectivity index (χ1v) is 9.80. The molecular formula is C18H23N5O2S. The van der Waals surface area contributed by atoms with Crippen LogP contribution in [0, 0.1) is 5.92 Å². The number of urea groups is 1. The van der Waals surface area contributed by atoms with Gasteiger partial charge in [0.05, 0.1) is 5.75 Å². The summed E-state index contributed by atoms with van der Waals surface area (Å²) in [6.07, 6.45) is 6.02. The van der Waals surface area contributed by atoms with Crippen LogP contribution in [0.1, 0.15) is 32.6 Å². The van der Waals surface area contributed by atoms with Gasteiger partial charge in [0.25, 0.3) is 0 Å². The van der Waals surface area contributed by atoms with Crippen LogP contribution in [0.15, 0.2) is 41.8 Å². The van der Waals surface area contributed by atoms with E-state index in [2.05, 4.69) is 27.8 Å². The number of hydrogen-bond donors (Lipinski definition) is 2. The van der Waals surface area contributed by atoms with Crippen molar-refractivity contribution in [3.8, 4) is 5.69 Å². The third-order valence-corrected chi connectivity index (χ3v) is 5.51. The van der Waals surface area contributed by atoms with Gasteiger partial charge in [-0.3, -0.25) is 14.7 Å². The lowest BCUT2D eigenvalue weighted by Crippen LogP contribution is -2.48. The molecule has 0 spiro atoms. The Morgan fingerprint density at radius 1 is 1.23 bits per heavy atom. The van der Waals surface area contributed by atoms with Gasteiger partial charge in [-0.2, -0.15) is 0 Å². The number of thioether (sulfide) groups is 1. The molecule has 0 aliphatic heterocycles. The van der Waals surface area contributed by atoms with Crippen molar-refractivity contribution in [2.45, 2.75) is 43.8 Å². The zero-order valence-electron chi connectivity index (χ0n) is 14.7. The molecule has 0 saturated heterocycles. The number of benzene rings is 1. The molecule has 8 heteroatoms. The van der Waals surface area contributed by atoms with Gasteiger partial charge >= 0.3 is 6.03 Å². The summed E-state index contributed by atoms with van der Waals surface area (Å²) in [6, 6.07) is 9.38. The highest BCUT2D eigenvalue weighted by Crippen LogP contribution is 2.23. The van der Waals surface area contributed by atoms with E-state index < -0.39 is 6.03 Å². The van der Waals surface area contributed by atoms with Gasteiger partial charge in [0.15, 0.2) is 5.16 Å². The van der Waals surface area contributed by atoms with E-state index in [0.717, 1.165) is 24.9 Å². The minimum atomic E-state index is -0.418. The molecule has 2 aromatic rings. The summed E-state index contributed by atoms with van der Waals surface area (Å²) in [5.74, 6) is 0.195. The van der Waals surface area contributed by atoms with Gasteiger partial charge in [-0.15, -0.1) is 10.2 Å². The SMILES string of the molecule is C[C@H]1CCCC[C@H]1NC(=O)NC(=O)CSc1nncn1-c1ccccc1. The first-order valence-electron chi connectivity index (χ1n) is 8.82. The molecule has 1 aliphatic rings. The third-order valence-electron chi connectivity index (χ3n) is 4.56. The third kappa shape index (κ3) is 4.85. The van der Waals surface area contributed by atoms with E-state index in [-0.39, 0.29) is 17.7 Å². The lowest BCUT2D eigenvalue weighted by atomic mass is 9.86. The second kappa shape index (κ2) is 8.84. The minimum Gasteiger partial charge on any atom is -0.335 e. The first-order chi connectivity index (χ1) is 12.6. The molecule has 1 aromatic carbocycles. The van der Waals surface area contributed by atoms with Gasteiger partial charge in [0.1, 0.15) is 6.33 Å². The Labute approximate surface area is 157 Å². The largest absolute Gasteiger partial charge is 0.335 e. The summed E-state index contributed by atoms with van der Waals surface area (Å²) in [6.45, 7) is 2.14. The Kier molecular flexibility index (Phi) is 6.27. The van der Waals surface area contributed by atoms with E-state index in [1.807, 2.05) is 34.9 Å². The quantitative estimate of drug-likeness (QED) is 0.787. The monoisotopic (exact) mass is 373 g/mol. The number of carbonyl (C=O) groups excluding carboxylic acids is 2. The van der Waals surface area contributed by atoms with Crippen molar-refractivity contribution in [3.63, 3.8) is 0 Å². The zero-order chi connectivity index (χ0) is 18.4. The van der Waals surface area contributed by atoms with E-state index in [1.165, 1.54) is 18.2 Å². The second-order valence-electron chi connectivity index (χ2n) is 6.50. The maximum absolute atomic E-state index is 12.1. The lowest BCUT2D eigenvalue weighted by molar-refractivity contribution is -0.117. The van der Waals surface area contributed by atoms with Gasteiger partial charge in [-0.05, 0) is 30.9 Å². The first kappa shape index (κ1) is 18.4. The molecule has 0 bridgehead atoms. The Morgan fingerprint density at radius 2 is 2.00 bits per heavy atom. The molecule has 1 aromatic heterocycles. The summed E-state index contributed by atoms with van der Waals surface area (Å²) in [5.41, 5.74) is 0.921. The van der Waals surface area contributed by atoms with Crippen LogP contribution in [0.25, 0.3) is 5.69 Å². The van der Waals surface area contributed by atoms with E-state index in [9.17, 15) is 9.59 Å². The fraction of sp³-hybridized carbons (Fsp3) is 0.444. The molecule has 3 rings (SSSR count). The van der Waals surface area contributed by atoms with Gasteiger partial charge in [0, 0.05) is 11.7 Å². The maximum atomic E-state index is 12.1. The average Bonchev–Trinajstić information content (AvgIpc) is 3.11. The highest BCUT2D eigenvalue weighted by molar-refractivity contribution is 7.99. The topological polar surface area (TPSA) is 88.9 Å². The molecule has 2 N–H and O–H groups in total. The van der Waals surface area contributed by atoms with E-state index in [0.29, 0.717) is 11.1 Å². The number of rotatable bonds is 5. The Hall–Kier alpha value is -2.35. The summed E-state index contributed by atoms with van der Waals surface area (Å²) >= 11 is 1.24. The average molecular weight is 373 g/mol. The highest BCUT2D eigenvalue weighted by atomic mass is 32.2. The van der Waals surface area contributed by atoms with Crippen LogP contribution in [0.2, 0.25) is 0 Å². The van der Waals surface area contributed by atoms with E-state index in [4.69, 9.17) is 0 Å². The number of carbonyl (C=O) groups is 2. The molecule has 26 heavy (non-hydrogen) atoms. The van der Waals surface area contributed by atoms with Crippen molar-refractivity contribution < 1.29 is 9.59 Å². The van der Waals surface area contributed by atoms with Crippen molar-refractivity contribution in [1.29, 1.82) is 0 Å². The van der Waals surface area contributed by atoms with Gasteiger partial charge < -0.3 is 5.32 Å². The number of imide groups is 1. The predicted molar refractivity (Wildman–Crippen MR) is 100 cm³/mol. The predicted octanol–water partition coefficient (Wildman–Crippen LogP) is 2.76. The normalized spacial score (nSPS) is 19.7. The van der Waals surface area contributed by atoms with E-state index in [1.54, 1.807) is 6.33 Å². The molecule has 0 radical (unpaired) electrons. The van der Waals surface area contributed by atoms with Crippen molar-refractivity contribution >= 4 is 23.7 Å². The number of nitrogens with one attached hydrogen (secondary N) is 2. The van der Waals surface area contributed by atoms with Crippen LogP contribution in [0.3, 0.4) is 0 Å². The maximum Gasteiger partial charge on any atom is 0.321 e. The summed E-state index contributed by atoms with van der Waals surface area (Å²) < 4.78 is 1.81. The number of para-hydroxylation sites is 1. The molecule has 1 fully saturated rings. The van der Waals surface area contributed by atoms with E-state index >= 15 is 0 Å². The van der Waals surface area contributed by atoms with Crippen molar-refractivity contribution in [2.24, 2.45) is 5.92 Å². The lowest BCUT2D eigenvalue weighted by Gasteiger charge is -2.29. The van der Waals surface area contributed by atoms with Crippen LogP contribution < -0.4 is 10.6 Å². The smallest absolute Gasteiger partial charge is 0.321 e. The Morgan fingerprint density at radius 3 is 2.77 bits per heavy atom. The molecule has 2 atom stereocenters.